The zero-order chi connectivity index (χ0) is 22.4. The average Bonchev–Trinajstić information content (AvgIpc) is 2.76. The third-order valence-corrected chi connectivity index (χ3v) is 4.70. The standard InChI is InChI=1S/C22H24N4O5/c1-3-10-26-18-16(20(28)25-22(26)30)12-15(13-23-18)19(27)24-17(21(29)31-4-2)11-14-8-6-5-7-9-14/h5-9,12-13,17H,3-4,10-11H2,1-2H3,(H,24,27)(H,25,28,30). The van der Waals surface area contributed by atoms with Crippen LogP contribution in [0.2, 0.25) is 0 Å². The summed E-state index contributed by atoms with van der Waals surface area (Å²) in [4.78, 5) is 56.0. The van der Waals surface area contributed by atoms with Crippen LogP contribution in [0.15, 0.2) is 52.2 Å². The lowest BCUT2D eigenvalue weighted by atomic mass is 10.1. The fraction of sp³-hybridized carbons (Fsp3) is 0.318. The minimum atomic E-state index is -0.905. The number of aromatic nitrogens is 3. The summed E-state index contributed by atoms with van der Waals surface area (Å²) in [7, 11) is 0. The zero-order valence-electron chi connectivity index (χ0n) is 17.4. The van der Waals surface area contributed by atoms with E-state index in [0.29, 0.717) is 13.0 Å². The molecule has 1 amide bonds. The number of aromatic amines is 1. The van der Waals surface area contributed by atoms with Crippen molar-refractivity contribution in [3.63, 3.8) is 0 Å². The number of hydrogen-bond acceptors (Lipinski definition) is 6. The highest BCUT2D eigenvalue weighted by molar-refractivity contribution is 5.98. The number of amides is 1. The van der Waals surface area contributed by atoms with E-state index in [2.05, 4.69) is 15.3 Å². The molecule has 2 N–H and O–H groups in total. The second-order valence-corrected chi connectivity index (χ2v) is 6.97. The fourth-order valence-corrected chi connectivity index (χ4v) is 3.25. The molecule has 0 aliphatic carbocycles. The van der Waals surface area contributed by atoms with Gasteiger partial charge in [0.25, 0.3) is 11.5 Å². The number of carbonyl (C=O) groups excluding carboxylic acids is 2. The summed E-state index contributed by atoms with van der Waals surface area (Å²) < 4.78 is 6.45. The number of rotatable bonds is 8. The average molecular weight is 424 g/mol. The van der Waals surface area contributed by atoms with Crippen LogP contribution in [0.4, 0.5) is 0 Å². The molecule has 0 radical (unpaired) electrons. The molecule has 1 unspecified atom stereocenters. The molecule has 0 aliphatic heterocycles. The van der Waals surface area contributed by atoms with Crippen LogP contribution in [-0.4, -0.2) is 39.1 Å². The van der Waals surface area contributed by atoms with Gasteiger partial charge in [-0.25, -0.2) is 14.6 Å². The number of hydrogen-bond donors (Lipinski definition) is 2. The first-order valence-electron chi connectivity index (χ1n) is 10.1. The van der Waals surface area contributed by atoms with E-state index in [1.807, 2.05) is 37.3 Å². The Kier molecular flexibility index (Phi) is 6.96. The minimum Gasteiger partial charge on any atom is -0.464 e. The number of ether oxygens (including phenoxy) is 1. The van der Waals surface area contributed by atoms with E-state index in [9.17, 15) is 19.2 Å². The number of H-pyrrole nitrogens is 1. The molecule has 9 heteroatoms. The highest BCUT2D eigenvalue weighted by Crippen LogP contribution is 2.10. The predicted octanol–water partition coefficient (Wildman–Crippen LogP) is 1.40. The number of fused-ring (bicyclic) bond motifs is 1. The minimum absolute atomic E-state index is 0.0991. The second-order valence-electron chi connectivity index (χ2n) is 6.97. The van der Waals surface area contributed by atoms with Crippen LogP contribution in [0.3, 0.4) is 0 Å². The largest absolute Gasteiger partial charge is 0.464 e. The van der Waals surface area contributed by atoms with Gasteiger partial charge in [-0.3, -0.25) is 19.1 Å². The first-order chi connectivity index (χ1) is 14.9. The van der Waals surface area contributed by atoms with Crippen molar-refractivity contribution in [2.45, 2.75) is 39.3 Å². The lowest BCUT2D eigenvalue weighted by Gasteiger charge is -2.17. The monoisotopic (exact) mass is 424 g/mol. The van der Waals surface area contributed by atoms with Crippen molar-refractivity contribution in [3.8, 4) is 0 Å². The highest BCUT2D eigenvalue weighted by atomic mass is 16.5. The number of carbonyl (C=O) groups is 2. The number of pyridine rings is 1. The smallest absolute Gasteiger partial charge is 0.329 e. The van der Waals surface area contributed by atoms with Gasteiger partial charge in [0.15, 0.2) is 0 Å². The molecule has 0 aliphatic rings. The molecule has 0 spiro atoms. The summed E-state index contributed by atoms with van der Waals surface area (Å²) in [6.07, 6.45) is 2.21. The van der Waals surface area contributed by atoms with Crippen LogP contribution in [0.1, 0.15) is 36.2 Å². The predicted molar refractivity (Wildman–Crippen MR) is 115 cm³/mol. The normalized spacial score (nSPS) is 11.8. The van der Waals surface area contributed by atoms with Gasteiger partial charge in [-0.1, -0.05) is 37.3 Å². The second kappa shape index (κ2) is 9.84. The van der Waals surface area contributed by atoms with E-state index < -0.39 is 29.2 Å². The zero-order valence-corrected chi connectivity index (χ0v) is 17.4. The Morgan fingerprint density at radius 3 is 2.61 bits per heavy atom. The van der Waals surface area contributed by atoms with E-state index in [0.717, 1.165) is 5.56 Å². The van der Waals surface area contributed by atoms with E-state index in [1.165, 1.54) is 16.8 Å². The molecule has 31 heavy (non-hydrogen) atoms. The third kappa shape index (κ3) is 5.06. The Labute approximate surface area is 178 Å². The number of benzene rings is 1. The van der Waals surface area contributed by atoms with Gasteiger partial charge in [0.05, 0.1) is 17.6 Å². The van der Waals surface area contributed by atoms with Crippen LogP contribution in [0.25, 0.3) is 11.0 Å². The van der Waals surface area contributed by atoms with E-state index in [-0.39, 0.29) is 29.6 Å². The summed E-state index contributed by atoms with van der Waals surface area (Å²) in [6.45, 7) is 4.15. The maximum atomic E-state index is 12.8. The molecule has 0 saturated carbocycles. The Morgan fingerprint density at radius 1 is 1.19 bits per heavy atom. The summed E-state index contributed by atoms with van der Waals surface area (Å²) in [5.74, 6) is -1.13. The maximum absolute atomic E-state index is 12.8. The Morgan fingerprint density at radius 2 is 1.94 bits per heavy atom. The van der Waals surface area contributed by atoms with Crippen LogP contribution in [0.5, 0.6) is 0 Å². The van der Waals surface area contributed by atoms with Crippen molar-refractivity contribution < 1.29 is 14.3 Å². The first kappa shape index (κ1) is 21.9. The molecular formula is C22H24N4O5. The van der Waals surface area contributed by atoms with Gasteiger partial charge in [0, 0.05) is 19.2 Å². The molecule has 1 aromatic carbocycles. The van der Waals surface area contributed by atoms with Crippen LogP contribution in [0, 0.1) is 0 Å². The van der Waals surface area contributed by atoms with Gasteiger partial charge in [-0.2, -0.15) is 0 Å². The lowest BCUT2D eigenvalue weighted by molar-refractivity contribution is -0.145. The molecule has 0 bridgehead atoms. The Bertz CT molecular complexity index is 1200. The molecule has 0 fully saturated rings. The van der Waals surface area contributed by atoms with Crippen LogP contribution < -0.4 is 16.6 Å². The molecule has 162 valence electrons. The quantitative estimate of drug-likeness (QED) is 0.527. The van der Waals surface area contributed by atoms with Crippen LogP contribution in [-0.2, 0) is 22.5 Å². The maximum Gasteiger partial charge on any atom is 0.329 e. The van der Waals surface area contributed by atoms with E-state index in [1.54, 1.807) is 6.92 Å². The van der Waals surface area contributed by atoms with E-state index >= 15 is 0 Å². The molecule has 3 aromatic rings. The first-order valence-corrected chi connectivity index (χ1v) is 10.1. The molecule has 0 saturated heterocycles. The summed E-state index contributed by atoms with van der Waals surface area (Å²) in [6, 6.07) is 9.71. The van der Waals surface area contributed by atoms with Crippen molar-refractivity contribution >= 4 is 22.9 Å². The number of nitrogens with one attached hydrogen (secondary N) is 2. The van der Waals surface area contributed by atoms with Gasteiger partial charge in [-0.15, -0.1) is 0 Å². The number of nitrogens with zero attached hydrogens (tertiary/aromatic N) is 2. The van der Waals surface area contributed by atoms with Crippen molar-refractivity contribution in [2.75, 3.05) is 6.61 Å². The van der Waals surface area contributed by atoms with Crippen LogP contribution >= 0.6 is 0 Å². The van der Waals surface area contributed by atoms with Gasteiger partial charge < -0.3 is 10.1 Å². The van der Waals surface area contributed by atoms with Crippen molar-refractivity contribution in [2.24, 2.45) is 0 Å². The number of esters is 1. The molecule has 2 aromatic heterocycles. The fourth-order valence-electron chi connectivity index (χ4n) is 3.25. The molecule has 2 heterocycles. The highest BCUT2D eigenvalue weighted by Gasteiger charge is 2.24. The van der Waals surface area contributed by atoms with Crippen molar-refractivity contribution in [1.29, 1.82) is 0 Å². The van der Waals surface area contributed by atoms with Crippen molar-refractivity contribution in [1.82, 2.24) is 19.9 Å². The SMILES string of the molecule is CCCn1c(=O)[nH]c(=O)c2cc(C(=O)NC(Cc3ccccc3)C(=O)OCC)cnc21. The molecular weight excluding hydrogens is 400 g/mol. The summed E-state index contributed by atoms with van der Waals surface area (Å²) >= 11 is 0. The molecule has 9 nitrogen and oxygen atoms in total. The van der Waals surface area contributed by atoms with Crippen molar-refractivity contribution in [3.05, 3.63) is 74.6 Å². The van der Waals surface area contributed by atoms with Gasteiger partial charge in [0.1, 0.15) is 11.7 Å². The number of aryl methyl sites for hydroxylation is 1. The van der Waals surface area contributed by atoms with Gasteiger partial charge in [0.2, 0.25) is 0 Å². The summed E-state index contributed by atoms with van der Waals surface area (Å²) in [5.41, 5.74) is -0.00651. The molecule has 1 atom stereocenters. The topological polar surface area (TPSA) is 123 Å². The molecule has 3 rings (SSSR count). The Balaban J connectivity index is 1.91. The Hall–Kier alpha value is -3.75. The van der Waals surface area contributed by atoms with Gasteiger partial charge in [-0.05, 0) is 25.0 Å². The van der Waals surface area contributed by atoms with Gasteiger partial charge >= 0.3 is 11.7 Å². The van der Waals surface area contributed by atoms with E-state index in [4.69, 9.17) is 4.74 Å². The lowest BCUT2D eigenvalue weighted by Crippen LogP contribution is -2.43. The summed E-state index contributed by atoms with van der Waals surface area (Å²) in [5, 5.41) is 2.79. The third-order valence-electron chi connectivity index (χ3n) is 4.70.